The van der Waals surface area contributed by atoms with E-state index in [1.54, 1.807) is 24.1 Å². The maximum Gasteiger partial charge on any atom is 0.490 e. The van der Waals surface area contributed by atoms with Crippen LogP contribution in [0.15, 0.2) is 42.5 Å². The molecule has 8 nitrogen and oxygen atoms in total. The standard InChI is InChI=1S/C18H16FN3O3.C2HF3O2/c1-22(10-2-9-20)16-8-7-14(11-15(16)18(24)25)21-17(23)12-3-5-13(19)6-4-12;3-2(4,5)1(6)7/h3-8,11H,2,10H2,1H3,(H,21,23)(H,24,25);(H,6,7). The van der Waals surface area contributed by atoms with E-state index in [1.165, 1.54) is 30.3 Å². The Balaban J connectivity index is 0.000000633. The summed E-state index contributed by atoms with van der Waals surface area (Å²) in [4.78, 5) is 34.2. The minimum absolute atomic E-state index is 0.0114. The molecule has 0 fully saturated rings. The average molecular weight is 455 g/mol. The highest BCUT2D eigenvalue weighted by molar-refractivity contribution is 6.05. The lowest BCUT2D eigenvalue weighted by Crippen LogP contribution is -2.21. The number of hydrogen-bond donors (Lipinski definition) is 3. The van der Waals surface area contributed by atoms with Gasteiger partial charge in [0.25, 0.3) is 5.91 Å². The minimum atomic E-state index is -5.08. The second-order valence-corrected chi connectivity index (χ2v) is 6.13. The monoisotopic (exact) mass is 455 g/mol. The van der Waals surface area contributed by atoms with Gasteiger partial charge in [0.15, 0.2) is 0 Å². The maximum absolute atomic E-state index is 12.9. The van der Waals surface area contributed by atoms with Gasteiger partial charge >= 0.3 is 18.1 Å². The number of anilines is 2. The van der Waals surface area contributed by atoms with Crippen LogP contribution in [0.1, 0.15) is 27.1 Å². The number of amides is 1. The summed E-state index contributed by atoms with van der Waals surface area (Å²) in [5.74, 6) is -4.82. The second kappa shape index (κ2) is 11.3. The number of nitrogens with one attached hydrogen (secondary N) is 1. The SMILES string of the molecule is CN(CCC#N)c1ccc(NC(=O)c2ccc(F)cc2)cc1C(=O)O.O=C(O)C(F)(F)F. The molecule has 0 saturated carbocycles. The van der Waals surface area contributed by atoms with Crippen molar-refractivity contribution in [1.82, 2.24) is 0 Å². The van der Waals surface area contributed by atoms with E-state index in [1.807, 2.05) is 6.07 Å². The molecule has 170 valence electrons. The molecule has 32 heavy (non-hydrogen) atoms. The van der Waals surface area contributed by atoms with Crippen LogP contribution < -0.4 is 10.2 Å². The number of carboxylic acids is 2. The van der Waals surface area contributed by atoms with Gasteiger partial charge in [0, 0.05) is 24.8 Å². The van der Waals surface area contributed by atoms with Gasteiger partial charge in [0.05, 0.1) is 23.7 Å². The van der Waals surface area contributed by atoms with E-state index in [-0.39, 0.29) is 17.5 Å². The topological polar surface area (TPSA) is 131 Å². The number of rotatable bonds is 6. The Bertz CT molecular complexity index is 1020. The van der Waals surface area contributed by atoms with Crippen LogP contribution in [-0.4, -0.2) is 47.8 Å². The van der Waals surface area contributed by atoms with Crippen molar-refractivity contribution in [3.63, 3.8) is 0 Å². The van der Waals surface area contributed by atoms with E-state index in [9.17, 15) is 32.3 Å². The lowest BCUT2D eigenvalue weighted by molar-refractivity contribution is -0.192. The van der Waals surface area contributed by atoms with Crippen LogP contribution >= 0.6 is 0 Å². The van der Waals surface area contributed by atoms with E-state index in [0.29, 0.717) is 17.9 Å². The van der Waals surface area contributed by atoms with E-state index in [4.69, 9.17) is 15.2 Å². The summed E-state index contributed by atoms with van der Waals surface area (Å²) in [5, 5.41) is 27.8. The van der Waals surface area contributed by atoms with Crippen LogP contribution in [-0.2, 0) is 4.79 Å². The average Bonchev–Trinajstić information content (AvgIpc) is 2.72. The third-order valence-corrected chi connectivity index (χ3v) is 3.80. The number of nitriles is 1. The number of nitrogens with zero attached hydrogens (tertiary/aromatic N) is 2. The molecular formula is C20H17F4N3O5. The number of aromatic carboxylic acids is 1. The lowest BCUT2D eigenvalue weighted by Gasteiger charge is -2.20. The highest BCUT2D eigenvalue weighted by Gasteiger charge is 2.38. The quantitative estimate of drug-likeness (QED) is 0.566. The molecule has 0 aromatic heterocycles. The zero-order chi connectivity index (χ0) is 24.5. The summed E-state index contributed by atoms with van der Waals surface area (Å²) in [6.07, 6.45) is -4.82. The lowest BCUT2D eigenvalue weighted by atomic mass is 10.1. The zero-order valence-corrected chi connectivity index (χ0v) is 16.5. The summed E-state index contributed by atoms with van der Waals surface area (Å²) in [7, 11) is 1.69. The number of benzene rings is 2. The zero-order valence-electron chi connectivity index (χ0n) is 16.5. The van der Waals surface area contributed by atoms with Gasteiger partial charge in [-0.3, -0.25) is 4.79 Å². The molecule has 0 spiro atoms. The van der Waals surface area contributed by atoms with Crippen molar-refractivity contribution in [3.8, 4) is 6.07 Å². The molecule has 0 atom stereocenters. The first kappa shape index (κ1) is 25.9. The van der Waals surface area contributed by atoms with Crippen molar-refractivity contribution in [2.45, 2.75) is 12.6 Å². The van der Waals surface area contributed by atoms with Gasteiger partial charge in [-0.05, 0) is 42.5 Å². The first-order chi connectivity index (χ1) is 14.9. The van der Waals surface area contributed by atoms with Crippen LogP contribution in [0.4, 0.5) is 28.9 Å². The molecule has 0 aliphatic carbocycles. The summed E-state index contributed by atoms with van der Waals surface area (Å²) in [6, 6.07) is 11.5. The van der Waals surface area contributed by atoms with Gasteiger partial charge in [-0.15, -0.1) is 0 Å². The first-order valence-electron chi connectivity index (χ1n) is 8.69. The van der Waals surface area contributed by atoms with Crippen molar-refractivity contribution in [1.29, 1.82) is 5.26 Å². The molecule has 12 heteroatoms. The molecule has 0 aliphatic rings. The second-order valence-electron chi connectivity index (χ2n) is 6.13. The molecule has 1 amide bonds. The third-order valence-electron chi connectivity index (χ3n) is 3.80. The highest BCUT2D eigenvalue weighted by Crippen LogP contribution is 2.24. The Morgan fingerprint density at radius 1 is 1.09 bits per heavy atom. The van der Waals surface area contributed by atoms with E-state index in [2.05, 4.69) is 5.32 Å². The summed E-state index contributed by atoms with van der Waals surface area (Å²) in [5.41, 5.74) is 1.03. The molecule has 0 heterocycles. The van der Waals surface area contributed by atoms with Gasteiger partial charge in [-0.1, -0.05) is 0 Å². The number of carbonyl (C=O) groups is 3. The van der Waals surface area contributed by atoms with Crippen LogP contribution in [0, 0.1) is 17.1 Å². The molecule has 2 rings (SSSR count). The molecule has 2 aromatic rings. The number of carboxylic acid groups (broad SMARTS) is 2. The third kappa shape index (κ3) is 7.94. The van der Waals surface area contributed by atoms with Crippen LogP contribution in [0.3, 0.4) is 0 Å². The van der Waals surface area contributed by atoms with Crippen molar-refractivity contribution < 1.29 is 42.2 Å². The first-order valence-corrected chi connectivity index (χ1v) is 8.69. The number of halogens is 4. The van der Waals surface area contributed by atoms with Crippen molar-refractivity contribution in [2.24, 2.45) is 0 Å². The van der Waals surface area contributed by atoms with Crippen molar-refractivity contribution >= 4 is 29.2 Å². The summed E-state index contributed by atoms with van der Waals surface area (Å²) < 4.78 is 44.6. The fourth-order valence-electron chi connectivity index (χ4n) is 2.26. The van der Waals surface area contributed by atoms with Crippen LogP contribution in [0.5, 0.6) is 0 Å². The molecule has 0 bridgehead atoms. The maximum atomic E-state index is 12.9. The number of hydrogen-bond acceptors (Lipinski definition) is 5. The van der Waals surface area contributed by atoms with E-state index >= 15 is 0 Å². The summed E-state index contributed by atoms with van der Waals surface area (Å²) >= 11 is 0. The van der Waals surface area contributed by atoms with Gasteiger partial charge in [-0.2, -0.15) is 18.4 Å². The van der Waals surface area contributed by atoms with Crippen molar-refractivity contribution in [2.75, 3.05) is 23.8 Å². The Labute approximate surface area is 179 Å². The summed E-state index contributed by atoms with van der Waals surface area (Å²) in [6.45, 7) is 0.387. The number of aliphatic carboxylic acids is 1. The van der Waals surface area contributed by atoms with Gasteiger partial charge < -0.3 is 20.4 Å². The number of alkyl halides is 3. The fraction of sp³-hybridized carbons (Fsp3) is 0.200. The molecule has 0 saturated heterocycles. The number of carbonyl (C=O) groups excluding carboxylic acids is 1. The smallest absolute Gasteiger partial charge is 0.478 e. The molecule has 0 aliphatic heterocycles. The van der Waals surface area contributed by atoms with Crippen LogP contribution in [0.25, 0.3) is 0 Å². The van der Waals surface area contributed by atoms with Crippen LogP contribution in [0.2, 0.25) is 0 Å². The highest BCUT2D eigenvalue weighted by atomic mass is 19.4. The Morgan fingerprint density at radius 3 is 2.12 bits per heavy atom. The molecule has 2 aromatic carbocycles. The predicted molar refractivity (Wildman–Crippen MR) is 105 cm³/mol. The van der Waals surface area contributed by atoms with Gasteiger partial charge in [0.2, 0.25) is 0 Å². The predicted octanol–water partition coefficient (Wildman–Crippen LogP) is 3.76. The Morgan fingerprint density at radius 2 is 1.66 bits per heavy atom. The molecule has 0 unspecified atom stereocenters. The van der Waals surface area contributed by atoms with Gasteiger partial charge in [0.1, 0.15) is 5.82 Å². The fourth-order valence-corrected chi connectivity index (χ4v) is 2.26. The largest absolute Gasteiger partial charge is 0.490 e. The van der Waals surface area contributed by atoms with E-state index < -0.39 is 29.8 Å². The molecule has 3 N–H and O–H groups in total. The van der Waals surface area contributed by atoms with Crippen molar-refractivity contribution in [3.05, 3.63) is 59.4 Å². The Hall–Kier alpha value is -4.14. The molecular weight excluding hydrogens is 438 g/mol. The van der Waals surface area contributed by atoms with E-state index in [0.717, 1.165) is 0 Å². The Kier molecular flexibility index (Phi) is 9.15. The normalized spacial score (nSPS) is 10.2. The molecule has 0 radical (unpaired) electrons. The van der Waals surface area contributed by atoms with Gasteiger partial charge in [-0.25, -0.2) is 14.0 Å². The minimum Gasteiger partial charge on any atom is -0.478 e.